The molecule has 0 aromatic heterocycles. The lowest BCUT2D eigenvalue weighted by Gasteiger charge is -2.20. The highest BCUT2D eigenvalue weighted by molar-refractivity contribution is 7.47. The standard InChI is InChI=1S/C44H72NO11P/c1-3-5-7-9-11-13-15-17-18-20-22-24-26-28-30-34-43(48)56-40(37-54-57(51,52)55-38-41(45)44(49)50)36-53-42(47)35-31-33-39(46)32-29-27-25-23-21-19-16-14-12-10-8-6-4-2/h11-14,17-19,21,25,27,29,32,40-41H,3-10,15-16,20,22-24,26,28,30-31,33-38,45H2,1-2H3,(H,49,50)(H,51,52)/b13-11-,14-12-,18-17-,21-19-,27-25-,32-29+/t40-,41+/m1/s1. The Balaban J connectivity index is 4.63. The SMILES string of the molecule is CCCCC/C=C\C/C=C\C/C=C\C=C\C(=O)CCCC(=O)OC[C@H](COP(=O)(O)OC[C@H](N)C(=O)O)OC(=O)CCCCCCC/C=C\C/C=C\CCCCC. The number of rotatable bonds is 38. The number of hydrogen-bond donors (Lipinski definition) is 3. The fraction of sp³-hybridized carbons (Fsp3) is 0.636. The summed E-state index contributed by atoms with van der Waals surface area (Å²) in [4.78, 5) is 58.1. The summed E-state index contributed by atoms with van der Waals surface area (Å²) in [5.41, 5.74) is 5.31. The van der Waals surface area contributed by atoms with Gasteiger partial charge < -0.3 is 25.2 Å². The zero-order valence-corrected chi connectivity index (χ0v) is 35.5. The second-order valence-electron chi connectivity index (χ2n) is 13.8. The number of carbonyl (C=O) groups is 4. The zero-order chi connectivity index (χ0) is 42.2. The third kappa shape index (κ3) is 37.9. The highest BCUT2D eigenvalue weighted by Crippen LogP contribution is 2.43. The van der Waals surface area contributed by atoms with E-state index >= 15 is 0 Å². The van der Waals surface area contributed by atoms with Crippen molar-refractivity contribution >= 4 is 31.5 Å². The van der Waals surface area contributed by atoms with Gasteiger partial charge >= 0.3 is 25.7 Å². The molecular weight excluding hydrogens is 749 g/mol. The highest BCUT2D eigenvalue weighted by atomic mass is 31.2. The number of carboxylic acids is 1. The number of unbranched alkanes of at least 4 members (excludes halogenated alkanes) is 11. The van der Waals surface area contributed by atoms with Crippen LogP contribution in [0.25, 0.3) is 0 Å². The number of phosphoric acid groups is 1. The summed E-state index contributed by atoms with van der Waals surface area (Å²) in [5.74, 6) is -2.84. The summed E-state index contributed by atoms with van der Waals surface area (Å²) in [6.07, 6.45) is 41.2. The number of phosphoric ester groups is 1. The first kappa shape index (κ1) is 53.6. The molecule has 57 heavy (non-hydrogen) atoms. The van der Waals surface area contributed by atoms with Crippen molar-refractivity contribution in [1.82, 2.24) is 0 Å². The van der Waals surface area contributed by atoms with Crippen LogP contribution in [0.2, 0.25) is 0 Å². The molecule has 0 rings (SSSR count). The third-order valence-corrected chi connectivity index (χ3v) is 9.35. The van der Waals surface area contributed by atoms with Crippen LogP contribution < -0.4 is 5.73 Å². The molecule has 0 saturated heterocycles. The maximum Gasteiger partial charge on any atom is 0.472 e. The molecule has 0 radical (unpaired) electrons. The van der Waals surface area contributed by atoms with E-state index < -0.39 is 57.7 Å². The Labute approximate surface area is 342 Å². The van der Waals surface area contributed by atoms with Crippen molar-refractivity contribution in [3.05, 3.63) is 72.9 Å². The van der Waals surface area contributed by atoms with Crippen LogP contribution in [0.1, 0.15) is 149 Å². The monoisotopic (exact) mass is 821 g/mol. The maximum atomic E-state index is 12.6. The molecule has 0 aliphatic carbocycles. The van der Waals surface area contributed by atoms with E-state index in [0.29, 0.717) is 6.42 Å². The lowest BCUT2D eigenvalue weighted by Crippen LogP contribution is -2.34. The lowest BCUT2D eigenvalue weighted by atomic mass is 10.1. The van der Waals surface area contributed by atoms with Crippen LogP contribution in [-0.4, -0.2) is 65.7 Å². The average molecular weight is 822 g/mol. The van der Waals surface area contributed by atoms with Gasteiger partial charge in [0.2, 0.25) is 0 Å². The van der Waals surface area contributed by atoms with Gasteiger partial charge in [-0.3, -0.25) is 28.2 Å². The fourth-order valence-electron chi connectivity index (χ4n) is 5.05. The van der Waals surface area contributed by atoms with Gasteiger partial charge in [0.15, 0.2) is 11.9 Å². The molecule has 12 nitrogen and oxygen atoms in total. The number of aliphatic carboxylic acids is 1. The van der Waals surface area contributed by atoms with Crippen LogP contribution in [0.5, 0.6) is 0 Å². The zero-order valence-electron chi connectivity index (χ0n) is 34.6. The van der Waals surface area contributed by atoms with E-state index in [1.807, 2.05) is 6.08 Å². The maximum absolute atomic E-state index is 12.6. The molecule has 0 aliphatic rings. The number of nitrogens with two attached hydrogens (primary N) is 1. The summed E-state index contributed by atoms with van der Waals surface area (Å²) in [5, 5.41) is 8.87. The number of ether oxygens (including phenoxy) is 2. The minimum absolute atomic E-state index is 0.0740. The van der Waals surface area contributed by atoms with Crippen molar-refractivity contribution in [2.24, 2.45) is 5.73 Å². The van der Waals surface area contributed by atoms with Crippen LogP contribution in [0.4, 0.5) is 0 Å². The Morgan fingerprint density at radius 2 is 1.11 bits per heavy atom. The number of allylic oxidation sites excluding steroid dienone is 12. The van der Waals surface area contributed by atoms with Gasteiger partial charge in [-0.05, 0) is 76.7 Å². The first-order valence-electron chi connectivity index (χ1n) is 20.9. The van der Waals surface area contributed by atoms with E-state index in [1.54, 1.807) is 12.2 Å². The summed E-state index contributed by atoms with van der Waals surface area (Å²) < 4.78 is 32.4. The average Bonchev–Trinajstić information content (AvgIpc) is 3.18. The van der Waals surface area contributed by atoms with Crippen LogP contribution in [0.15, 0.2) is 72.9 Å². The number of carbonyl (C=O) groups excluding carboxylic acids is 3. The van der Waals surface area contributed by atoms with Gasteiger partial charge in [0, 0.05) is 19.3 Å². The molecule has 0 aromatic carbocycles. The van der Waals surface area contributed by atoms with E-state index in [1.165, 1.54) is 44.6 Å². The molecule has 3 atom stereocenters. The van der Waals surface area contributed by atoms with E-state index in [2.05, 4.69) is 67.0 Å². The lowest BCUT2D eigenvalue weighted by molar-refractivity contribution is -0.161. The van der Waals surface area contributed by atoms with Gasteiger partial charge in [-0.1, -0.05) is 126 Å². The normalized spacial score (nSPS) is 14.4. The van der Waals surface area contributed by atoms with Crippen molar-refractivity contribution in [3.63, 3.8) is 0 Å². The second-order valence-corrected chi connectivity index (χ2v) is 15.3. The molecule has 324 valence electrons. The smallest absolute Gasteiger partial charge is 0.472 e. The molecule has 13 heteroatoms. The van der Waals surface area contributed by atoms with Crippen LogP contribution >= 0.6 is 7.82 Å². The van der Waals surface area contributed by atoms with Gasteiger partial charge in [-0.2, -0.15) is 0 Å². The number of carboxylic acid groups (broad SMARTS) is 1. The summed E-state index contributed by atoms with van der Waals surface area (Å²) >= 11 is 0. The van der Waals surface area contributed by atoms with Gasteiger partial charge in [0.25, 0.3) is 0 Å². The van der Waals surface area contributed by atoms with E-state index in [0.717, 1.165) is 64.2 Å². The van der Waals surface area contributed by atoms with Gasteiger partial charge in [-0.15, -0.1) is 0 Å². The highest BCUT2D eigenvalue weighted by Gasteiger charge is 2.28. The van der Waals surface area contributed by atoms with Crippen molar-refractivity contribution < 1.29 is 52.3 Å². The Bertz CT molecular complexity index is 1300. The molecule has 0 heterocycles. The van der Waals surface area contributed by atoms with Crippen molar-refractivity contribution in [3.8, 4) is 0 Å². The second kappa shape index (κ2) is 38.1. The Morgan fingerprint density at radius 3 is 1.70 bits per heavy atom. The van der Waals surface area contributed by atoms with Crippen molar-refractivity contribution in [1.29, 1.82) is 0 Å². The number of esters is 2. The van der Waals surface area contributed by atoms with Crippen molar-refractivity contribution in [2.75, 3.05) is 19.8 Å². The van der Waals surface area contributed by atoms with Gasteiger partial charge in [0.1, 0.15) is 12.6 Å². The summed E-state index contributed by atoms with van der Waals surface area (Å²) in [6, 6.07) is -1.56. The quantitative estimate of drug-likeness (QED) is 0.0134. The summed E-state index contributed by atoms with van der Waals surface area (Å²) in [7, 11) is -4.78. The molecule has 0 bridgehead atoms. The van der Waals surface area contributed by atoms with Gasteiger partial charge in [0.05, 0.1) is 13.2 Å². The van der Waals surface area contributed by atoms with E-state index in [9.17, 15) is 28.6 Å². The Kier molecular flexibility index (Phi) is 35.8. The molecule has 4 N–H and O–H groups in total. The molecule has 0 fully saturated rings. The predicted molar refractivity (Wildman–Crippen MR) is 226 cm³/mol. The fourth-order valence-corrected chi connectivity index (χ4v) is 5.82. The largest absolute Gasteiger partial charge is 0.480 e. The minimum atomic E-state index is -4.78. The van der Waals surface area contributed by atoms with Crippen LogP contribution in [-0.2, 0) is 42.3 Å². The number of ketones is 1. The summed E-state index contributed by atoms with van der Waals surface area (Å²) in [6.45, 7) is 2.46. The first-order chi connectivity index (χ1) is 27.5. The molecule has 0 amide bonds. The number of hydrogen-bond acceptors (Lipinski definition) is 10. The molecule has 0 aromatic rings. The molecular formula is C44H72NO11P. The topological polar surface area (TPSA) is 189 Å². The Morgan fingerprint density at radius 1 is 0.596 bits per heavy atom. The first-order valence-corrected chi connectivity index (χ1v) is 22.4. The van der Waals surface area contributed by atoms with E-state index in [4.69, 9.17) is 24.8 Å². The van der Waals surface area contributed by atoms with Crippen LogP contribution in [0, 0.1) is 0 Å². The van der Waals surface area contributed by atoms with Gasteiger partial charge in [-0.25, -0.2) is 4.57 Å². The minimum Gasteiger partial charge on any atom is -0.480 e. The molecule has 1 unspecified atom stereocenters. The molecule has 0 aliphatic heterocycles. The molecule has 0 saturated carbocycles. The van der Waals surface area contributed by atoms with Crippen molar-refractivity contribution in [2.45, 2.75) is 161 Å². The third-order valence-electron chi connectivity index (χ3n) is 8.40. The van der Waals surface area contributed by atoms with E-state index in [-0.39, 0.29) is 31.5 Å². The molecule has 0 spiro atoms. The Hall–Kier alpha value is -3.41. The predicted octanol–water partition coefficient (Wildman–Crippen LogP) is 10.1. The van der Waals surface area contributed by atoms with Crippen LogP contribution in [0.3, 0.4) is 0 Å².